The van der Waals surface area contributed by atoms with Gasteiger partial charge in [0.1, 0.15) is 23.5 Å². The van der Waals surface area contributed by atoms with Crippen LogP contribution in [0.4, 0.5) is 0 Å². The Kier molecular flexibility index (Phi) is 5.37. The highest BCUT2D eigenvalue weighted by Gasteiger charge is 2.23. The third-order valence-electron chi connectivity index (χ3n) is 7.38. The first kappa shape index (κ1) is 23.1. The fourth-order valence-corrected chi connectivity index (χ4v) is 5.39. The van der Waals surface area contributed by atoms with E-state index in [0.717, 1.165) is 61.4 Å². The van der Waals surface area contributed by atoms with E-state index >= 15 is 0 Å². The highest BCUT2D eigenvalue weighted by Crippen LogP contribution is 2.38. The summed E-state index contributed by atoms with van der Waals surface area (Å²) in [5.74, 6) is 1.79. The van der Waals surface area contributed by atoms with E-state index in [0.29, 0.717) is 5.82 Å². The molecule has 3 aromatic heterocycles. The van der Waals surface area contributed by atoms with Crippen LogP contribution in [0.2, 0.25) is 0 Å². The molecule has 0 saturated carbocycles. The zero-order valence-corrected chi connectivity index (χ0v) is 22.1. The van der Waals surface area contributed by atoms with Crippen molar-refractivity contribution in [2.45, 2.75) is 6.92 Å². The lowest BCUT2D eigenvalue weighted by Gasteiger charge is -2.09. The maximum absolute atomic E-state index is 6.51. The fraction of sp³-hybridized carbons (Fsp3) is 0.0882. The van der Waals surface area contributed by atoms with Crippen LogP contribution in [0.15, 0.2) is 114 Å². The minimum atomic E-state index is 0.688. The molecule has 0 aliphatic rings. The third-order valence-corrected chi connectivity index (χ3v) is 7.38. The second kappa shape index (κ2) is 9.07. The molecule has 0 amide bonds. The lowest BCUT2D eigenvalue weighted by molar-refractivity contribution is -0.659. The first-order chi connectivity index (χ1) is 19.1. The van der Waals surface area contributed by atoms with Gasteiger partial charge in [0.2, 0.25) is 0 Å². The van der Waals surface area contributed by atoms with E-state index in [9.17, 15) is 0 Å². The first-order valence-corrected chi connectivity index (χ1v) is 13.0. The summed E-state index contributed by atoms with van der Waals surface area (Å²) in [6.45, 7) is 2.13. The molecule has 0 fully saturated rings. The molecular weight excluding hydrogens is 480 g/mol. The van der Waals surface area contributed by atoms with E-state index in [4.69, 9.17) is 14.4 Å². The molecule has 0 radical (unpaired) electrons. The predicted molar refractivity (Wildman–Crippen MR) is 156 cm³/mol. The zero-order valence-electron chi connectivity index (χ0n) is 22.1. The molecule has 0 saturated heterocycles. The van der Waals surface area contributed by atoms with E-state index in [1.807, 2.05) is 42.5 Å². The number of aromatic nitrogens is 4. The van der Waals surface area contributed by atoms with Crippen molar-refractivity contribution in [2.24, 2.45) is 14.1 Å². The minimum absolute atomic E-state index is 0.688. The molecule has 5 nitrogen and oxygen atoms in total. The number of fused-ring (bicyclic) bond motifs is 3. The van der Waals surface area contributed by atoms with Crippen LogP contribution in [0.25, 0.3) is 67.2 Å². The summed E-state index contributed by atoms with van der Waals surface area (Å²) < 4.78 is 10.8. The summed E-state index contributed by atoms with van der Waals surface area (Å²) >= 11 is 0. The summed E-state index contributed by atoms with van der Waals surface area (Å²) in [6.07, 6.45) is 4.13. The Morgan fingerprint density at radius 1 is 0.718 bits per heavy atom. The average Bonchev–Trinajstić information content (AvgIpc) is 3.52. The maximum Gasteiger partial charge on any atom is 0.292 e. The second-order valence-corrected chi connectivity index (χ2v) is 9.98. The number of furan rings is 1. The number of benzene rings is 4. The lowest BCUT2D eigenvalue weighted by atomic mass is 10.0. The van der Waals surface area contributed by atoms with Crippen molar-refractivity contribution in [3.05, 3.63) is 115 Å². The van der Waals surface area contributed by atoms with Gasteiger partial charge in [0.05, 0.1) is 25.5 Å². The zero-order chi connectivity index (χ0) is 26.5. The first-order valence-electron chi connectivity index (χ1n) is 13.0. The van der Waals surface area contributed by atoms with Crippen molar-refractivity contribution >= 4 is 21.9 Å². The van der Waals surface area contributed by atoms with Crippen LogP contribution in [0, 0.1) is 6.92 Å². The normalized spacial score (nSPS) is 11.5. The molecule has 4 aromatic carbocycles. The average molecular weight is 508 g/mol. The second-order valence-electron chi connectivity index (χ2n) is 9.98. The number of aryl methyl sites for hydroxylation is 3. The van der Waals surface area contributed by atoms with Crippen molar-refractivity contribution in [1.29, 1.82) is 0 Å². The Balaban J connectivity index is 1.44. The number of imidazole rings is 1. The van der Waals surface area contributed by atoms with Gasteiger partial charge in [0.15, 0.2) is 11.4 Å². The Hall–Kier alpha value is -5.03. The molecule has 0 atom stereocenters. The molecule has 188 valence electrons. The maximum atomic E-state index is 6.51. The Bertz CT molecular complexity index is 1910. The minimum Gasteiger partial charge on any atom is -0.455 e. The Morgan fingerprint density at radius 3 is 2.00 bits per heavy atom. The smallest absolute Gasteiger partial charge is 0.292 e. The van der Waals surface area contributed by atoms with Crippen LogP contribution in [0.3, 0.4) is 0 Å². The molecule has 5 heteroatoms. The molecule has 7 rings (SSSR count). The predicted octanol–water partition coefficient (Wildman–Crippen LogP) is 7.52. The summed E-state index contributed by atoms with van der Waals surface area (Å²) in [5, 5.41) is 2.13. The highest BCUT2D eigenvalue weighted by molar-refractivity contribution is 6.10. The SMILES string of the molecule is Cc1ccc2c(oc3ccc(-c4nc(-c5ccccc5)cc(-c5ccccc5)n4)cc32)c1-c1n(C)cc[n+]1C. The van der Waals surface area contributed by atoms with Crippen LogP contribution >= 0.6 is 0 Å². The van der Waals surface area contributed by atoms with Crippen LogP contribution < -0.4 is 4.57 Å². The van der Waals surface area contributed by atoms with Crippen molar-refractivity contribution in [2.75, 3.05) is 0 Å². The number of hydrogen-bond acceptors (Lipinski definition) is 3. The van der Waals surface area contributed by atoms with E-state index in [1.165, 1.54) is 5.56 Å². The molecule has 0 aliphatic heterocycles. The van der Waals surface area contributed by atoms with Gasteiger partial charge < -0.3 is 4.42 Å². The molecule has 0 spiro atoms. The molecule has 0 unspecified atom stereocenters. The Labute approximate surface area is 226 Å². The van der Waals surface area contributed by atoms with Gasteiger partial charge in [-0.05, 0) is 36.8 Å². The lowest BCUT2D eigenvalue weighted by Crippen LogP contribution is -2.29. The van der Waals surface area contributed by atoms with Gasteiger partial charge in [-0.2, -0.15) is 0 Å². The molecular formula is C34H27N4O+. The molecule has 39 heavy (non-hydrogen) atoms. The summed E-state index contributed by atoms with van der Waals surface area (Å²) in [7, 11) is 4.13. The van der Waals surface area contributed by atoms with Crippen LogP contribution in [0.5, 0.6) is 0 Å². The van der Waals surface area contributed by atoms with Gasteiger partial charge in [-0.3, -0.25) is 0 Å². The third kappa shape index (κ3) is 3.91. The molecule has 7 aromatic rings. The van der Waals surface area contributed by atoms with Gasteiger partial charge in [0.25, 0.3) is 5.82 Å². The number of rotatable bonds is 4. The van der Waals surface area contributed by atoms with Crippen molar-refractivity contribution in [3.63, 3.8) is 0 Å². The van der Waals surface area contributed by atoms with E-state index in [1.54, 1.807) is 0 Å². The highest BCUT2D eigenvalue weighted by atomic mass is 16.3. The van der Waals surface area contributed by atoms with Crippen molar-refractivity contribution in [1.82, 2.24) is 14.5 Å². The summed E-state index contributed by atoms with van der Waals surface area (Å²) in [6, 6.07) is 33.2. The van der Waals surface area contributed by atoms with Crippen molar-refractivity contribution in [3.8, 4) is 45.3 Å². The van der Waals surface area contributed by atoms with Crippen LogP contribution in [-0.4, -0.2) is 14.5 Å². The van der Waals surface area contributed by atoms with E-state index < -0.39 is 0 Å². The van der Waals surface area contributed by atoms with Gasteiger partial charge in [-0.1, -0.05) is 72.8 Å². The van der Waals surface area contributed by atoms with Gasteiger partial charge in [0, 0.05) is 27.5 Å². The van der Waals surface area contributed by atoms with Gasteiger partial charge >= 0.3 is 0 Å². The van der Waals surface area contributed by atoms with Gasteiger partial charge in [-0.25, -0.2) is 19.1 Å². The quantitative estimate of drug-likeness (QED) is 0.232. The molecule has 0 N–H and O–H groups in total. The number of hydrogen-bond donors (Lipinski definition) is 0. The van der Waals surface area contributed by atoms with Crippen LogP contribution in [-0.2, 0) is 14.1 Å². The number of nitrogens with zero attached hydrogens (tertiary/aromatic N) is 4. The topological polar surface area (TPSA) is 47.7 Å². The van der Waals surface area contributed by atoms with E-state index in [-0.39, 0.29) is 0 Å². The summed E-state index contributed by atoms with van der Waals surface area (Å²) in [4.78, 5) is 10.0. The summed E-state index contributed by atoms with van der Waals surface area (Å²) in [5.41, 5.74) is 8.87. The Morgan fingerprint density at radius 2 is 1.38 bits per heavy atom. The largest absolute Gasteiger partial charge is 0.455 e. The van der Waals surface area contributed by atoms with E-state index in [2.05, 4.69) is 97.1 Å². The molecule has 3 heterocycles. The standard InChI is InChI=1S/C34H27N4O/c1-22-14-16-26-27-20-25(15-17-30(27)39-32(26)31(22)34-37(2)18-19-38(34)3)33-35-28(23-10-6-4-7-11-23)21-29(36-33)24-12-8-5-9-13-24/h4-21H,1-3H3/q+1. The van der Waals surface area contributed by atoms with Gasteiger partial charge in [-0.15, -0.1) is 0 Å². The monoisotopic (exact) mass is 507 g/mol. The fourth-order valence-electron chi connectivity index (χ4n) is 5.39. The van der Waals surface area contributed by atoms with Crippen molar-refractivity contribution < 1.29 is 8.98 Å². The molecule has 0 aliphatic carbocycles. The van der Waals surface area contributed by atoms with Crippen LogP contribution in [0.1, 0.15) is 5.56 Å². The molecule has 0 bridgehead atoms.